The summed E-state index contributed by atoms with van der Waals surface area (Å²) in [6.45, 7) is 2.94. The summed E-state index contributed by atoms with van der Waals surface area (Å²) < 4.78 is 79.1. The maximum Gasteiger partial charge on any atom is 0.417 e. The van der Waals surface area contributed by atoms with E-state index in [0.717, 1.165) is 29.9 Å². The summed E-state index contributed by atoms with van der Waals surface area (Å²) in [6, 6.07) is 9.40. The smallest absolute Gasteiger partial charge is 0.417 e. The van der Waals surface area contributed by atoms with Crippen LogP contribution >= 0.6 is 0 Å². The van der Waals surface area contributed by atoms with E-state index < -0.39 is 26.7 Å². The second kappa shape index (κ2) is 9.01. The molecule has 180 valence electrons. The maximum atomic E-state index is 13.3. The number of hydrogen-bond donors (Lipinski definition) is 1. The molecule has 34 heavy (non-hydrogen) atoms. The van der Waals surface area contributed by atoms with Crippen LogP contribution in [0.15, 0.2) is 53.6 Å². The van der Waals surface area contributed by atoms with Crippen LogP contribution in [0.2, 0.25) is 0 Å². The SMILES string of the molecule is Cc1cnc(NS(=O)(=O)c2ccccc2C(F)(F)F)c(OCc2ccc3c(c2)OCCN3C)n1. The Hall–Kier alpha value is -3.54. The second-order valence-corrected chi connectivity index (χ2v) is 9.28. The molecule has 0 saturated carbocycles. The van der Waals surface area contributed by atoms with Gasteiger partial charge in [0.2, 0.25) is 5.82 Å². The van der Waals surface area contributed by atoms with Crippen molar-refractivity contribution in [1.82, 2.24) is 9.97 Å². The minimum absolute atomic E-state index is 0.00630. The number of aryl methyl sites for hydroxylation is 1. The molecule has 0 fully saturated rings. The van der Waals surface area contributed by atoms with Crippen molar-refractivity contribution < 1.29 is 31.1 Å². The van der Waals surface area contributed by atoms with Crippen molar-refractivity contribution in [2.24, 2.45) is 0 Å². The highest BCUT2D eigenvalue weighted by Gasteiger charge is 2.37. The Kier molecular flexibility index (Phi) is 6.26. The van der Waals surface area contributed by atoms with Gasteiger partial charge in [-0.3, -0.25) is 4.72 Å². The first-order chi connectivity index (χ1) is 16.0. The second-order valence-electron chi connectivity index (χ2n) is 7.63. The number of fused-ring (bicyclic) bond motifs is 1. The van der Waals surface area contributed by atoms with E-state index >= 15 is 0 Å². The molecule has 3 aromatic rings. The van der Waals surface area contributed by atoms with Crippen LogP contribution in [0.25, 0.3) is 0 Å². The molecule has 8 nitrogen and oxygen atoms in total. The molecule has 2 aromatic carbocycles. The molecular weight excluding hydrogens is 473 g/mol. The number of anilines is 2. The number of likely N-dealkylation sites (N-methyl/N-ethyl adjacent to an activating group) is 1. The molecule has 0 radical (unpaired) electrons. The average molecular weight is 494 g/mol. The first-order valence-electron chi connectivity index (χ1n) is 10.2. The number of sulfonamides is 1. The van der Waals surface area contributed by atoms with Crippen LogP contribution < -0.4 is 19.1 Å². The molecular formula is C22H21F3N4O4S. The van der Waals surface area contributed by atoms with Gasteiger partial charge in [-0.1, -0.05) is 18.2 Å². The van der Waals surface area contributed by atoms with Crippen molar-refractivity contribution in [1.29, 1.82) is 0 Å². The summed E-state index contributed by atoms with van der Waals surface area (Å²) >= 11 is 0. The van der Waals surface area contributed by atoms with Gasteiger partial charge in [-0.05, 0) is 36.8 Å². The van der Waals surface area contributed by atoms with E-state index in [1.807, 2.05) is 19.2 Å². The molecule has 1 N–H and O–H groups in total. The molecule has 1 aliphatic heterocycles. The minimum Gasteiger partial charge on any atom is -0.490 e. The lowest BCUT2D eigenvalue weighted by Crippen LogP contribution is -2.28. The Morgan fingerprint density at radius 2 is 1.97 bits per heavy atom. The summed E-state index contributed by atoms with van der Waals surface area (Å²) in [4.78, 5) is 9.28. The van der Waals surface area contributed by atoms with Gasteiger partial charge < -0.3 is 14.4 Å². The van der Waals surface area contributed by atoms with Crippen LogP contribution in [-0.2, 0) is 22.8 Å². The van der Waals surface area contributed by atoms with E-state index in [1.54, 1.807) is 13.0 Å². The number of nitrogens with one attached hydrogen (secondary N) is 1. The Bertz CT molecular complexity index is 1320. The molecule has 12 heteroatoms. The third kappa shape index (κ3) is 5.01. The van der Waals surface area contributed by atoms with Gasteiger partial charge in [-0.2, -0.15) is 13.2 Å². The number of rotatable bonds is 6. The Labute approximate surface area is 194 Å². The number of halogens is 3. The molecule has 0 amide bonds. The number of nitrogens with zero attached hydrogens (tertiary/aromatic N) is 3. The molecule has 0 aliphatic carbocycles. The maximum absolute atomic E-state index is 13.3. The normalized spacial score (nSPS) is 13.7. The zero-order valence-corrected chi connectivity index (χ0v) is 19.1. The number of hydrogen-bond acceptors (Lipinski definition) is 7. The van der Waals surface area contributed by atoms with Gasteiger partial charge in [0.05, 0.1) is 34.6 Å². The average Bonchev–Trinajstić information content (AvgIpc) is 2.78. The largest absolute Gasteiger partial charge is 0.490 e. The van der Waals surface area contributed by atoms with Crippen molar-refractivity contribution >= 4 is 21.5 Å². The van der Waals surface area contributed by atoms with Crippen LogP contribution in [0.4, 0.5) is 24.7 Å². The van der Waals surface area contributed by atoms with Crippen molar-refractivity contribution in [2.45, 2.75) is 24.6 Å². The topological polar surface area (TPSA) is 93.7 Å². The van der Waals surface area contributed by atoms with E-state index in [-0.39, 0.29) is 18.3 Å². The van der Waals surface area contributed by atoms with Gasteiger partial charge in [0.1, 0.15) is 19.0 Å². The highest BCUT2D eigenvalue weighted by molar-refractivity contribution is 7.92. The molecule has 0 atom stereocenters. The number of alkyl halides is 3. The minimum atomic E-state index is -4.85. The van der Waals surface area contributed by atoms with Crippen molar-refractivity contribution in [3.05, 3.63) is 65.5 Å². The van der Waals surface area contributed by atoms with E-state index in [0.29, 0.717) is 24.1 Å². The van der Waals surface area contributed by atoms with Gasteiger partial charge in [0.25, 0.3) is 15.9 Å². The zero-order valence-electron chi connectivity index (χ0n) is 18.3. The third-order valence-corrected chi connectivity index (χ3v) is 6.47. The van der Waals surface area contributed by atoms with E-state index in [1.165, 1.54) is 12.3 Å². The first kappa shape index (κ1) is 23.6. The number of aromatic nitrogens is 2. The fourth-order valence-corrected chi connectivity index (χ4v) is 4.62. The lowest BCUT2D eigenvalue weighted by atomic mass is 10.1. The van der Waals surface area contributed by atoms with Crippen LogP contribution in [0.1, 0.15) is 16.8 Å². The Morgan fingerprint density at radius 3 is 2.74 bits per heavy atom. The molecule has 0 saturated heterocycles. The van der Waals surface area contributed by atoms with Gasteiger partial charge in [0.15, 0.2) is 0 Å². The molecule has 1 aliphatic rings. The third-order valence-electron chi connectivity index (χ3n) is 5.07. The molecule has 1 aromatic heterocycles. The Morgan fingerprint density at radius 1 is 1.21 bits per heavy atom. The molecule has 0 unspecified atom stereocenters. The summed E-state index contributed by atoms with van der Waals surface area (Å²) in [5.41, 5.74) is 0.809. The van der Waals surface area contributed by atoms with Gasteiger partial charge >= 0.3 is 6.18 Å². The molecule has 2 heterocycles. The predicted molar refractivity (Wildman–Crippen MR) is 119 cm³/mol. The fourth-order valence-electron chi connectivity index (χ4n) is 3.39. The van der Waals surface area contributed by atoms with E-state index in [9.17, 15) is 21.6 Å². The standard InChI is InChI=1S/C22H21F3N4O4S/c1-14-12-26-20(28-34(30,31)19-6-4-3-5-16(19)22(23,24)25)21(27-14)33-13-15-7-8-17-18(11-15)32-10-9-29(17)2/h3-8,11-12H,9-10,13H2,1-2H3,(H,26,28). The van der Waals surface area contributed by atoms with Crippen molar-refractivity contribution in [2.75, 3.05) is 29.8 Å². The quantitative estimate of drug-likeness (QED) is 0.553. The lowest BCUT2D eigenvalue weighted by Gasteiger charge is -2.28. The first-order valence-corrected chi connectivity index (χ1v) is 11.7. The Balaban J connectivity index is 1.59. The van der Waals surface area contributed by atoms with Crippen molar-refractivity contribution in [3.63, 3.8) is 0 Å². The molecule has 0 bridgehead atoms. The fraction of sp³-hybridized carbons (Fsp3) is 0.273. The van der Waals surface area contributed by atoms with Crippen LogP contribution in [-0.4, -0.2) is 38.6 Å². The zero-order chi connectivity index (χ0) is 24.5. The van der Waals surface area contributed by atoms with Gasteiger partial charge in [-0.25, -0.2) is 18.4 Å². The summed E-state index contributed by atoms with van der Waals surface area (Å²) in [5, 5.41) is 0. The van der Waals surface area contributed by atoms with Gasteiger partial charge in [0, 0.05) is 7.05 Å². The van der Waals surface area contributed by atoms with Crippen molar-refractivity contribution in [3.8, 4) is 11.6 Å². The summed E-state index contributed by atoms with van der Waals surface area (Å²) in [5.74, 6) is 0.204. The molecule has 0 spiro atoms. The van der Waals surface area contributed by atoms with Crippen LogP contribution in [0, 0.1) is 6.92 Å². The lowest BCUT2D eigenvalue weighted by molar-refractivity contribution is -0.139. The van der Waals surface area contributed by atoms with Crippen LogP contribution in [0.3, 0.4) is 0 Å². The monoisotopic (exact) mass is 494 g/mol. The van der Waals surface area contributed by atoms with Gasteiger partial charge in [-0.15, -0.1) is 0 Å². The van der Waals surface area contributed by atoms with E-state index in [4.69, 9.17) is 9.47 Å². The summed E-state index contributed by atoms with van der Waals surface area (Å²) in [7, 11) is -2.69. The number of benzene rings is 2. The number of ether oxygens (including phenoxy) is 2. The highest BCUT2D eigenvalue weighted by atomic mass is 32.2. The highest BCUT2D eigenvalue weighted by Crippen LogP contribution is 2.35. The summed E-state index contributed by atoms with van der Waals surface area (Å²) in [6.07, 6.45) is -3.57. The predicted octanol–water partition coefficient (Wildman–Crippen LogP) is 4.01. The van der Waals surface area contributed by atoms with E-state index in [2.05, 4.69) is 19.6 Å². The molecule has 4 rings (SSSR count). The van der Waals surface area contributed by atoms with Crippen LogP contribution in [0.5, 0.6) is 11.6 Å².